The first kappa shape index (κ1) is 15.9. The molecule has 0 aliphatic heterocycles. The van der Waals surface area contributed by atoms with Crippen molar-refractivity contribution in [1.29, 1.82) is 0 Å². The van der Waals surface area contributed by atoms with E-state index in [1.165, 1.54) is 0 Å². The highest BCUT2D eigenvalue weighted by Crippen LogP contribution is 1.24. The number of nitrogens with zero attached hydrogens (tertiary/aromatic N) is 1. The van der Waals surface area contributed by atoms with Crippen LogP contribution in [0, 0.1) is 0 Å². The van der Waals surface area contributed by atoms with Crippen molar-refractivity contribution >= 4 is 0 Å². The average Bonchev–Trinajstić information content (AvgIpc) is 1.97. The summed E-state index contributed by atoms with van der Waals surface area (Å²) in [5, 5.41) is 0.653. The number of nitrogens with one attached hydrogen (secondary N) is 1. The molecule has 0 unspecified atom stereocenters. The average molecular weight is 141 g/mol. The van der Waals surface area contributed by atoms with Gasteiger partial charge in [-0.1, -0.05) is 0 Å². The lowest BCUT2D eigenvalue weighted by Crippen LogP contribution is -2.52. The van der Waals surface area contributed by atoms with Crippen molar-refractivity contribution in [2.75, 3.05) is 0 Å². The summed E-state index contributed by atoms with van der Waals surface area (Å²) >= 11 is 0. The molecule has 0 aliphatic carbocycles. The molecule has 0 bridgehead atoms. The Bertz CT molecular complexity index is 14.0. The summed E-state index contributed by atoms with van der Waals surface area (Å²) in [6.45, 7) is 0. The van der Waals surface area contributed by atoms with Crippen molar-refractivity contribution in [3.63, 3.8) is 0 Å². The normalized spacial score (nSPS) is 6.67. The quantitative estimate of drug-likeness (QED) is 0.130. The van der Waals surface area contributed by atoms with Crippen LogP contribution < -0.4 is 46.4 Å². The third-order valence-electron chi connectivity index (χ3n) is 0.149. The lowest BCUT2D eigenvalue weighted by atomic mass is 12.2. The van der Waals surface area contributed by atoms with E-state index in [1.807, 2.05) is 5.53 Å². The van der Waals surface area contributed by atoms with Crippen molar-refractivity contribution in [1.82, 2.24) is 10.8 Å². The van der Waals surface area contributed by atoms with Gasteiger partial charge < -0.3 is 0 Å². The van der Waals surface area contributed by atoms with Gasteiger partial charge in [-0.3, -0.25) is 29.2 Å². The van der Waals surface area contributed by atoms with Gasteiger partial charge in [0.2, 0.25) is 0 Å². The maximum absolute atomic E-state index is 4.67. The van der Waals surface area contributed by atoms with Crippen LogP contribution in [0.1, 0.15) is 0 Å². The summed E-state index contributed by atoms with van der Waals surface area (Å²) in [4.78, 5) is 0. The Labute approximate surface area is 52.9 Å². The maximum Gasteiger partial charge on any atom is -0.103 e. The topological polar surface area (TPSA) is 197 Å². The monoisotopic (exact) mass is 141 g/mol. The summed E-state index contributed by atoms with van der Waals surface area (Å²) in [6, 6.07) is 0. The molecule has 9 heavy (non-hydrogen) atoms. The molecule has 0 aromatic rings. The first-order valence-electron chi connectivity index (χ1n) is 1.70. The summed E-state index contributed by atoms with van der Waals surface area (Å²) in [7, 11) is 0. The fourth-order valence-electron chi connectivity index (χ4n) is 0. The van der Waals surface area contributed by atoms with Crippen LogP contribution in [-0.4, -0.2) is 5.23 Å². The molecular formula is H15N9. The molecule has 9 heteroatoms. The van der Waals surface area contributed by atoms with E-state index in [2.05, 4.69) is 40.9 Å². The second-order valence-corrected chi connectivity index (χ2v) is 0.536. The minimum atomic E-state index is 0.653. The first-order valence-corrected chi connectivity index (χ1v) is 1.70. The second kappa shape index (κ2) is 25.4. The van der Waals surface area contributed by atoms with Gasteiger partial charge in [0, 0.05) is 0 Å². The van der Waals surface area contributed by atoms with E-state index in [0.29, 0.717) is 5.23 Å². The van der Waals surface area contributed by atoms with Crippen LogP contribution in [-0.2, 0) is 0 Å². The predicted octanol–water partition coefficient (Wildman–Crippen LogP) is -4.95. The van der Waals surface area contributed by atoms with Gasteiger partial charge in [-0.15, -0.1) is 5.23 Å². The van der Waals surface area contributed by atoms with Gasteiger partial charge in [-0.25, -0.2) is 11.7 Å². The molecule has 0 spiro atoms. The zero-order valence-corrected chi connectivity index (χ0v) is 4.99. The Balaban J connectivity index is -0.0000000771. The van der Waals surface area contributed by atoms with Crippen molar-refractivity contribution in [3.05, 3.63) is 0 Å². The molecule has 60 valence electrons. The molecule has 0 amide bonds. The molecule has 0 rings (SSSR count). The van der Waals surface area contributed by atoms with Crippen LogP contribution >= 0.6 is 0 Å². The summed E-state index contributed by atoms with van der Waals surface area (Å²) in [5.41, 5.74) is 1.92. The zero-order valence-electron chi connectivity index (χ0n) is 4.99. The van der Waals surface area contributed by atoms with Crippen LogP contribution in [0.4, 0.5) is 0 Å². The van der Waals surface area contributed by atoms with Gasteiger partial charge in [-0.2, -0.15) is 5.53 Å². The van der Waals surface area contributed by atoms with Gasteiger partial charge in [0.15, 0.2) is 0 Å². The fourth-order valence-corrected chi connectivity index (χ4v) is 0. The van der Waals surface area contributed by atoms with Crippen molar-refractivity contribution in [3.8, 4) is 0 Å². The van der Waals surface area contributed by atoms with Gasteiger partial charge in [0.05, 0.1) is 0 Å². The maximum atomic E-state index is 4.67. The molecule has 0 aromatic heterocycles. The first-order chi connectivity index (χ1) is 4.27. The van der Waals surface area contributed by atoms with Crippen LogP contribution in [0.15, 0.2) is 0 Å². The van der Waals surface area contributed by atoms with Crippen LogP contribution in [0.2, 0.25) is 0 Å². The van der Waals surface area contributed by atoms with E-state index >= 15 is 0 Å². The van der Waals surface area contributed by atoms with E-state index in [9.17, 15) is 0 Å². The minimum Gasteiger partial charge on any atom is -0.274 e. The standard InChI is InChI=1S/H7N5.2H4N2/c1-4-5(2)3;2*1-2/h4H,1-3H2;2*1-2H2. The molecule has 9 nitrogen and oxygen atoms in total. The third-order valence-corrected chi connectivity index (χ3v) is 0.149. The van der Waals surface area contributed by atoms with Gasteiger partial charge in [0.25, 0.3) is 0 Å². The lowest BCUT2D eigenvalue weighted by Gasteiger charge is -2.01. The highest BCUT2D eigenvalue weighted by Gasteiger charge is 1.69. The summed E-state index contributed by atoms with van der Waals surface area (Å²) < 4.78 is 0. The van der Waals surface area contributed by atoms with Crippen LogP contribution in [0.25, 0.3) is 0 Å². The SMILES string of the molecule is NN.NN.NNN(N)N. The Morgan fingerprint density at radius 3 is 1.00 bits per heavy atom. The van der Waals surface area contributed by atoms with Crippen molar-refractivity contribution < 1.29 is 0 Å². The van der Waals surface area contributed by atoms with E-state index in [-0.39, 0.29) is 0 Å². The molecule has 0 fully saturated rings. The number of nitrogens with two attached hydrogens (primary N) is 7. The molecule has 0 radical (unpaired) electrons. The number of rotatable bonds is 1. The zero-order chi connectivity index (χ0) is 8.28. The smallest absolute Gasteiger partial charge is 0.103 e. The van der Waals surface area contributed by atoms with E-state index in [0.717, 1.165) is 0 Å². The predicted molar refractivity (Wildman–Crippen MR) is 34.3 cm³/mol. The Hall–Kier alpha value is -0.360. The second-order valence-electron chi connectivity index (χ2n) is 0.536. The van der Waals surface area contributed by atoms with E-state index in [4.69, 9.17) is 0 Å². The third kappa shape index (κ3) is 90.4. The Kier molecular flexibility index (Phi) is 44.8. The van der Waals surface area contributed by atoms with E-state index in [1.54, 1.807) is 0 Å². The molecule has 0 saturated heterocycles. The number of hydrazine groups is 6. The largest absolute Gasteiger partial charge is 0.274 e. The highest BCUT2D eigenvalue weighted by atomic mass is 15.9. The van der Waals surface area contributed by atoms with Gasteiger partial charge >= 0.3 is 0 Å². The molecule has 0 atom stereocenters. The van der Waals surface area contributed by atoms with Crippen LogP contribution in [0.5, 0.6) is 0 Å². The van der Waals surface area contributed by atoms with Crippen LogP contribution in [0.3, 0.4) is 0 Å². The molecule has 0 aliphatic rings. The lowest BCUT2D eigenvalue weighted by molar-refractivity contribution is 0.199. The molecule has 0 aromatic carbocycles. The van der Waals surface area contributed by atoms with Crippen molar-refractivity contribution in [2.45, 2.75) is 0 Å². The number of hydrogen-bond donors (Lipinski definition) is 8. The van der Waals surface area contributed by atoms with Crippen molar-refractivity contribution in [2.24, 2.45) is 40.9 Å². The van der Waals surface area contributed by atoms with Gasteiger partial charge in [0.1, 0.15) is 0 Å². The summed E-state index contributed by atoms with van der Waals surface area (Å²) in [5.74, 6) is 29.9. The van der Waals surface area contributed by atoms with E-state index < -0.39 is 0 Å². The number of hydrogen-bond acceptors (Lipinski definition) is 9. The minimum absolute atomic E-state index is 0.653. The highest BCUT2D eigenvalue weighted by molar-refractivity contribution is 3.92. The van der Waals surface area contributed by atoms with Gasteiger partial charge in [-0.05, 0) is 0 Å². The molecule has 15 N–H and O–H groups in total. The summed E-state index contributed by atoms with van der Waals surface area (Å²) in [6.07, 6.45) is 0. The fraction of sp³-hybridized carbons (Fsp3) is 0. The Morgan fingerprint density at radius 1 is 0.889 bits per heavy atom. The molecule has 0 heterocycles. The Morgan fingerprint density at radius 2 is 1.00 bits per heavy atom. The molecular weight excluding hydrogens is 126 g/mol. The molecule has 0 saturated carbocycles.